The van der Waals surface area contributed by atoms with Crippen LogP contribution in [-0.2, 0) is 6.18 Å². The van der Waals surface area contributed by atoms with Gasteiger partial charge in [-0.05, 0) is 51.3 Å². The minimum atomic E-state index is -4.34. The van der Waals surface area contributed by atoms with Gasteiger partial charge in [0.1, 0.15) is 5.75 Å². The molecule has 0 atom stereocenters. The van der Waals surface area contributed by atoms with Crippen LogP contribution in [0.15, 0.2) is 46.9 Å². The van der Waals surface area contributed by atoms with Crippen molar-refractivity contribution in [3.8, 4) is 5.75 Å². The maximum Gasteiger partial charge on any atom is 0.416 e. The van der Waals surface area contributed by atoms with Gasteiger partial charge in [-0.3, -0.25) is 0 Å². The second-order valence-electron chi connectivity index (χ2n) is 4.17. The van der Waals surface area contributed by atoms with Crippen LogP contribution in [0, 0.1) is 0 Å². The molecular formula is C15H10BrF3O. The van der Waals surface area contributed by atoms with Gasteiger partial charge in [0.05, 0.1) is 10.0 Å². The molecular weight excluding hydrogens is 333 g/mol. The summed E-state index contributed by atoms with van der Waals surface area (Å²) in [5.41, 5.74) is 0.558. The summed E-state index contributed by atoms with van der Waals surface area (Å²) in [4.78, 5) is 0. The molecule has 104 valence electrons. The highest BCUT2D eigenvalue weighted by molar-refractivity contribution is 9.10. The summed E-state index contributed by atoms with van der Waals surface area (Å²) >= 11 is 3.18. The van der Waals surface area contributed by atoms with E-state index in [1.165, 1.54) is 12.1 Å². The molecule has 2 rings (SSSR count). The van der Waals surface area contributed by atoms with Gasteiger partial charge in [-0.25, -0.2) is 0 Å². The molecule has 0 aliphatic rings. The number of halogens is 4. The summed E-state index contributed by atoms with van der Waals surface area (Å²) in [6.07, 6.45) is -1.07. The zero-order chi connectivity index (χ0) is 14.8. The highest BCUT2D eigenvalue weighted by Crippen LogP contribution is 2.30. The predicted molar refractivity (Wildman–Crippen MR) is 76.2 cm³/mol. The van der Waals surface area contributed by atoms with Crippen LogP contribution < -0.4 is 0 Å². The van der Waals surface area contributed by atoms with Crippen molar-refractivity contribution in [3.63, 3.8) is 0 Å². The summed E-state index contributed by atoms with van der Waals surface area (Å²) in [6, 6.07) is 9.95. The number of rotatable bonds is 2. The van der Waals surface area contributed by atoms with Crippen molar-refractivity contribution in [2.24, 2.45) is 0 Å². The lowest BCUT2D eigenvalue weighted by molar-refractivity contribution is -0.137. The second kappa shape index (κ2) is 5.71. The molecule has 20 heavy (non-hydrogen) atoms. The molecule has 0 fully saturated rings. The number of benzene rings is 2. The lowest BCUT2D eigenvalue weighted by Gasteiger charge is -2.06. The van der Waals surface area contributed by atoms with Crippen molar-refractivity contribution in [2.45, 2.75) is 6.18 Å². The standard InChI is InChI=1S/C15H10BrF3O/c16-13-9-11(6-7-14(13)20)5-4-10-2-1-3-12(8-10)15(17,18)19/h1-9,20H/b5-4+. The van der Waals surface area contributed by atoms with Crippen LogP contribution in [-0.4, -0.2) is 5.11 Å². The maximum absolute atomic E-state index is 12.6. The minimum Gasteiger partial charge on any atom is -0.507 e. The van der Waals surface area contributed by atoms with Crippen molar-refractivity contribution in [3.05, 3.63) is 63.6 Å². The van der Waals surface area contributed by atoms with E-state index in [1.54, 1.807) is 30.4 Å². The Balaban J connectivity index is 2.25. The maximum atomic E-state index is 12.6. The van der Waals surface area contributed by atoms with Crippen LogP contribution in [0.2, 0.25) is 0 Å². The molecule has 0 saturated heterocycles. The number of alkyl halides is 3. The van der Waals surface area contributed by atoms with Crippen molar-refractivity contribution in [1.82, 2.24) is 0 Å². The number of phenolic OH excluding ortho intramolecular Hbond substituents is 1. The fraction of sp³-hybridized carbons (Fsp3) is 0.0667. The van der Waals surface area contributed by atoms with E-state index in [0.717, 1.165) is 17.7 Å². The molecule has 0 spiro atoms. The van der Waals surface area contributed by atoms with E-state index in [1.807, 2.05) is 0 Å². The van der Waals surface area contributed by atoms with Gasteiger partial charge in [-0.15, -0.1) is 0 Å². The quantitative estimate of drug-likeness (QED) is 0.730. The molecule has 0 saturated carbocycles. The fourth-order valence-electron chi connectivity index (χ4n) is 1.64. The van der Waals surface area contributed by atoms with E-state index in [0.29, 0.717) is 10.0 Å². The first-order valence-corrected chi connectivity index (χ1v) is 6.49. The summed E-state index contributed by atoms with van der Waals surface area (Å²) in [7, 11) is 0. The summed E-state index contributed by atoms with van der Waals surface area (Å²) < 4.78 is 38.2. The Morgan fingerprint density at radius 1 is 0.950 bits per heavy atom. The van der Waals surface area contributed by atoms with Crippen LogP contribution in [0.3, 0.4) is 0 Å². The molecule has 0 radical (unpaired) electrons. The topological polar surface area (TPSA) is 20.2 Å². The van der Waals surface area contributed by atoms with E-state index in [-0.39, 0.29) is 5.75 Å². The molecule has 2 aromatic carbocycles. The lowest BCUT2D eigenvalue weighted by Crippen LogP contribution is -2.04. The highest BCUT2D eigenvalue weighted by atomic mass is 79.9. The van der Waals surface area contributed by atoms with E-state index in [4.69, 9.17) is 0 Å². The van der Waals surface area contributed by atoms with Crippen LogP contribution >= 0.6 is 15.9 Å². The molecule has 0 unspecified atom stereocenters. The smallest absolute Gasteiger partial charge is 0.416 e. The normalized spacial score (nSPS) is 12.0. The Morgan fingerprint density at radius 3 is 2.20 bits per heavy atom. The molecule has 1 N–H and O–H groups in total. The number of hydrogen-bond donors (Lipinski definition) is 1. The predicted octanol–water partition coefficient (Wildman–Crippen LogP) is 5.34. The van der Waals surface area contributed by atoms with Gasteiger partial charge >= 0.3 is 6.18 Å². The molecule has 0 bridgehead atoms. The third-order valence-electron chi connectivity index (χ3n) is 2.65. The zero-order valence-electron chi connectivity index (χ0n) is 10.2. The molecule has 0 aliphatic carbocycles. The van der Waals surface area contributed by atoms with Gasteiger partial charge in [0.2, 0.25) is 0 Å². The second-order valence-corrected chi connectivity index (χ2v) is 5.02. The van der Waals surface area contributed by atoms with Crippen molar-refractivity contribution >= 4 is 28.1 Å². The Bertz CT molecular complexity index is 648. The van der Waals surface area contributed by atoms with E-state index < -0.39 is 11.7 Å². The van der Waals surface area contributed by atoms with E-state index >= 15 is 0 Å². The van der Waals surface area contributed by atoms with Gasteiger partial charge in [-0.1, -0.05) is 30.4 Å². The summed E-state index contributed by atoms with van der Waals surface area (Å²) in [5, 5.41) is 9.36. The van der Waals surface area contributed by atoms with Crippen molar-refractivity contribution < 1.29 is 18.3 Å². The fourth-order valence-corrected chi connectivity index (χ4v) is 2.03. The third kappa shape index (κ3) is 3.63. The van der Waals surface area contributed by atoms with Crippen molar-refractivity contribution in [1.29, 1.82) is 0 Å². The van der Waals surface area contributed by atoms with Crippen LogP contribution in [0.25, 0.3) is 12.2 Å². The molecule has 2 aromatic rings. The van der Waals surface area contributed by atoms with Gasteiger partial charge in [-0.2, -0.15) is 13.2 Å². The minimum absolute atomic E-state index is 0.112. The molecule has 0 heterocycles. The molecule has 0 amide bonds. The van der Waals surface area contributed by atoms with Gasteiger partial charge in [0.25, 0.3) is 0 Å². The largest absolute Gasteiger partial charge is 0.507 e. The van der Waals surface area contributed by atoms with Crippen LogP contribution in [0.1, 0.15) is 16.7 Å². The Hall–Kier alpha value is -1.75. The van der Waals surface area contributed by atoms with Crippen LogP contribution in [0.4, 0.5) is 13.2 Å². The number of phenols is 1. The van der Waals surface area contributed by atoms with Crippen LogP contribution in [0.5, 0.6) is 5.75 Å². The van der Waals surface area contributed by atoms with Crippen molar-refractivity contribution in [2.75, 3.05) is 0 Å². The third-order valence-corrected chi connectivity index (χ3v) is 3.29. The van der Waals surface area contributed by atoms with E-state index in [2.05, 4.69) is 15.9 Å². The highest BCUT2D eigenvalue weighted by Gasteiger charge is 2.30. The first kappa shape index (κ1) is 14.7. The SMILES string of the molecule is Oc1ccc(/C=C/c2cccc(C(F)(F)F)c2)cc1Br. The monoisotopic (exact) mass is 342 g/mol. The Kier molecular flexibility index (Phi) is 4.18. The van der Waals surface area contributed by atoms with Gasteiger partial charge in [0.15, 0.2) is 0 Å². The molecule has 0 aromatic heterocycles. The number of aromatic hydroxyl groups is 1. The average molecular weight is 343 g/mol. The first-order valence-electron chi connectivity index (χ1n) is 5.70. The Morgan fingerprint density at radius 2 is 1.60 bits per heavy atom. The van der Waals surface area contributed by atoms with Gasteiger partial charge < -0.3 is 5.11 Å². The first-order chi connectivity index (χ1) is 9.36. The average Bonchev–Trinajstić information content (AvgIpc) is 2.39. The zero-order valence-corrected chi connectivity index (χ0v) is 11.7. The Labute approximate surface area is 122 Å². The summed E-state index contributed by atoms with van der Waals surface area (Å²) in [5.74, 6) is 0.112. The molecule has 5 heteroatoms. The lowest BCUT2D eigenvalue weighted by atomic mass is 10.1. The molecule has 0 aliphatic heterocycles. The summed E-state index contributed by atoms with van der Waals surface area (Å²) in [6.45, 7) is 0. The molecule has 1 nitrogen and oxygen atoms in total. The van der Waals surface area contributed by atoms with Gasteiger partial charge in [0, 0.05) is 0 Å². The van der Waals surface area contributed by atoms with E-state index in [9.17, 15) is 18.3 Å². The number of hydrogen-bond acceptors (Lipinski definition) is 1.